The second-order valence-corrected chi connectivity index (χ2v) is 4.45. The molecule has 0 aromatic heterocycles. The van der Waals surface area contributed by atoms with Crippen LogP contribution in [0.2, 0.25) is 0 Å². The summed E-state index contributed by atoms with van der Waals surface area (Å²) in [5.74, 6) is 1.05. The van der Waals surface area contributed by atoms with Gasteiger partial charge >= 0.3 is 0 Å². The fourth-order valence-corrected chi connectivity index (χ4v) is 2.63. The van der Waals surface area contributed by atoms with Gasteiger partial charge in [-0.1, -0.05) is 0 Å². The molecule has 0 amide bonds. The van der Waals surface area contributed by atoms with E-state index in [-0.39, 0.29) is 0 Å². The number of nitrogens with one attached hydrogen (secondary N) is 1. The van der Waals surface area contributed by atoms with Crippen molar-refractivity contribution in [2.75, 3.05) is 18.1 Å². The highest BCUT2D eigenvalue weighted by molar-refractivity contribution is 7.97. The summed E-state index contributed by atoms with van der Waals surface area (Å²) < 4.78 is 0. The molecule has 0 atom stereocenters. The van der Waals surface area contributed by atoms with Gasteiger partial charge in [-0.2, -0.15) is 11.8 Å². The van der Waals surface area contributed by atoms with E-state index in [1.54, 1.807) is 0 Å². The van der Waals surface area contributed by atoms with E-state index in [1.165, 1.54) is 16.8 Å². The second-order valence-electron chi connectivity index (χ2n) is 3.59. The molecule has 1 aliphatic heterocycles. The van der Waals surface area contributed by atoms with E-state index >= 15 is 0 Å². The van der Waals surface area contributed by atoms with Crippen LogP contribution in [0.5, 0.6) is 0 Å². The Hall–Kier alpha value is -0.960. The summed E-state index contributed by atoms with van der Waals surface area (Å²) >= 11 is 1.86. The lowest BCUT2D eigenvalue weighted by molar-refractivity contribution is 1.09. The van der Waals surface area contributed by atoms with Crippen molar-refractivity contribution in [3.05, 3.63) is 23.3 Å². The summed E-state index contributed by atoms with van der Waals surface area (Å²) in [4.78, 5) is 4.44. The molecule has 1 N–H and O–H groups in total. The van der Waals surface area contributed by atoms with Crippen LogP contribution in [0.4, 0.5) is 11.4 Å². The molecule has 0 saturated heterocycles. The van der Waals surface area contributed by atoms with Crippen LogP contribution in [0, 0.1) is 0 Å². The quantitative estimate of drug-likeness (QED) is 0.791. The third-order valence-corrected chi connectivity index (χ3v) is 3.23. The minimum Gasteiger partial charge on any atom is -0.384 e. The molecular weight excluding hydrogens is 204 g/mol. The first kappa shape index (κ1) is 10.6. The molecule has 1 aliphatic rings. The molecule has 80 valence electrons. The number of aliphatic imine (C=N–C) groups is 1. The van der Waals surface area contributed by atoms with Crippen molar-refractivity contribution in [3.63, 3.8) is 0 Å². The van der Waals surface area contributed by atoms with Crippen molar-refractivity contribution in [1.82, 2.24) is 0 Å². The van der Waals surface area contributed by atoms with E-state index in [0.717, 1.165) is 24.4 Å². The number of fused-ring (bicyclic) bond motifs is 1. The van der Waals surface area contributed by atoms with Crippen molar-refractivity contribution in [2.45, 2.75) is 19.1 Å². The Morgan fingerprint density at radius 1 is 1.53 bits per heavy atom. The van der Waals surface area contributed by atoms with E-state index in [1.807, 2.05) is 24.9 Å². The number of rotatable bonds is 3. The molecule has 0 fully saturated rings. The van der Waals surface area contributed by atoms with Crippen molar-refractivity contribution in [3.8, 4) is 0 Å². The average Bonchev–Trinajstić information content (AvgIpc) is 2.70. The molecule has 15 heavy (non-hydrogen) atoms. The average molecular weight is 220 g/mol. The minimum absolute atomic E-state index is 1.05. The maximum Gasteiger partial charge on any atom is 0.0670 e. The van der Waals surface area contributed by atoms with E-state index in [9.17, 15) is 0 Å². The van der Waals surface area contributed by atoms with Crippen LogP contribution in [0.15, 0.2) is 17.1 Å². The Morgan fingerprint density at radius 3 is 3.13 bits per heavy atom. The first-order valence-corrected chi connectivity index (χ1v) is 6.62. The number of thioether (sulfide) groups is 1. The Balaban J connectivity index is 2.47. The normalized spacial score (nSPS) is 14.3. The van der Waals surface area contributed by atoms with Crippen LogP contribution >= 0.6 is 11.8 Å². The van der Waals surface area contributed by atoms with Gasteiger partial charge in [-0.15, -0.1) is 0 Å². The zero-order chi connectivity index (χ0) is 10.7. The SMILES string of the molecule is CC=Nc1ccc2c(c1CSC)CCN2. The molecule has 0 spiro atoms. The van der Waals surface area contributed by atoms with Gasteiger partial charge in [0.05, 0.1) is 5.69 Å². The summed E-state index contributed by atoms with van der Waals surface area (Å²) in [6.45, 7) is 3.03. The van der Waals surface area contributed by atoms with Gasteiger partial charge in [0.25, 0.3) is 0 Å². The summed E-state index contributed by atoms with van der Waals surface area (Å²) in [7, 11) is 0. The molecule has 0 aliphatic carbocycles. The molecular formula is C12H16N2S. The zero-order valence-corrected chi connectivity index (χ0v) is 10.0. The van der Waals surface area contributed by atoms with E-state index in [4.69, 9.17) is 0 Å². The third kappa shape index (κ3) is 2.02. The first-order chi connectivity index (χ1) is 7.36. The van der Waals surface area contributed by atoms with Crippen LogP contribution in [-0.2, 0) is 12.2 Å². The molecule has 0 unspecified atom stereocenters. The third-order valence-electron chi connectivity index (χ3n) is 2.65. The fraction of sp³-hybridized carbons (Fsp3) is 0.417. The van der Waals surface area contributed by atoms with Crippen molar-refractivity contribution in [1.29, 1.82) is 0 Å². The van der Waals surface area contributed by atoms with Gasteiger partial charge < -0.3 is 5.32 Å². The summed E-state index contributed by atoms with van der Waals surface area (Å²) in [6, 6.07) is 4.26. The van der Waals surface area contributed by atoms with Crippen LogP contribution in [0.3, 0.4) is 0 Å². The Kier molecular flexibility index (Phi) is 3.31. The molecule has 1 aromatic rings. The largest absolute Gasteiger partial charge is 0.384 e. The van der Waals surface area contributed by atoms with Crippen LogP contribution < -0.4 is 5.32 Å². The van der Waals surface area contributed by atoms with Crippen LogP contribution in [0.1, 0.15) is 18.1 Å². The fourth-order valence-electron chi connectivity index (χ4n) is 2.02. The van der Waals surface area contributed by atoms with Gasteiger partial charge in [-0.3, -0.25) is 4.99 Å². The highest BCUT2D eigenvalue weighted by atomic mass is 32.2. The van der Waals surface area contributed by atoms with Crippen molar-refractivity contribution in [2.24, 2.45) is 4.99 Å². The second kappa shape index (κ2) is 4.71. The number of hydrogen-bond acceptors (Lipinski definition) is 3. The van der Waals surface area contributed by atoms with Crippen LogP contribution in [-0.4, -0.2) is 19.0 Å². The molecule has 1 heterocycles. The first-order valence-electron chi connectivity index (χ1n) is 5.23. The maximum atomic E-state index is 4.44. The lowest BCUT2D eigenvalue weighted by Crippen LogP contribution is -1.90. The predicted molar refractivity (Wildman–Crippen MR) is 69.7 cm³/mol. The molecule has 3 heteroatoms. The lowest BCUT2D eigenvalue weighted by atomic mass is 10.0. The summed E-state index contributed by atoms with van der Waals surface area (Å²) in [5.41, 5.74) is 5.30. The van der Waals surface area contributed by atoms with Crippen molar-refractivity contribution < 1.29 is 0 Å². The number of benzene rings is 1. The molecule has 2 rings (SSSR count). The van der Waals surface area contributed by atoms with Gasteiger partial charge in [0.15, 0.2) is 0 Å². The molecule has 1 aromatic carbocycles. The lowest BCUT2D eigenvalue weighted by Gasteiger charge is -2.10. The molecule has 0 radical (unpaired) electrons. The predicted octanol–water partition coefficient (Wildman–Crippen LogP) is 3.24. The Bertz CT molecular complexity index is 385. The van der Waals surface area contributed by atoms with Gasteiger partial charge in [0, 0.05) is 24.2 Å². The summed E-state index contributed by atoms with van der Waals surface area (Å²) in [6.07, 6.45) is 5.15. The standard InChI is InChI=1S/C12H16N2S/c1-3-13-12-5-4-11-9(6-7-14-11)10(12)8-15-2/h3-5,14H,6-8H2,1-2H3. The smallest absolute Gasteiger partial charge is 0.0670 e. The summed E-state index contributed by atoms with van der Waals surface area (Å²) in [5, 5.41) is 3.41. The molecule has 0 bridgehead atoms. The number of anilines is 1. The Morgan fingerprint density at radius 2 is 2.40 bits per heavy atom. The van der Waals surface area contributed by atoms with Gasteiger partial charge in [-0.05, 0) is 42.9 Å². The Labute approximate surface area is 95.2 Å². The zero-order valence-electron chi connectivity index (χ0n) is 9.21. The van der Waals surface area contributed by atoms with Gasteiger partial charge in [0.1, 0.15) is 0 Å². The monoisotopic (exact) mass is 220 g/mol. The molecule has 0 saturated carbocycles. The van der Waals surface area contributed by atoms with E-state index in [0.29, 0.717) is 0 Å². The topological polar surface area (TPSA) is 24.4 Å². The highest BCUT2D eigenvalue weighted by Gasteiger charge is 2.16. The maximum absolute atomic E-state index is 4.44. The van der Waals surface area contributed by atoms with Crippen LogP contribution in [0.25, 0.3) is 0 Å². The molecule has 2 nitrogen and oxygen atoms in total. The van der Waals surface area contributed by atoms with Gasteiger partial charge in [-0.25, -0.2) is 0 Å². The minimum atomic E-state index is 1.05. The van der Waals surface area contributed by atoms with E-state index in [2.05, 4.69) is 28.7 Å². The van der Waals surface area contributed by atoms with Crippen molar-refractivity contribution >= 4 is 29.4 Å². The van der Waals surface area contributed by atoms with Gasteiger partial charge in [0.2, 0.25) is 0 Å². The van der Waals surface area contributed by atoms with E-state index < -0.39 is 0 Å². The number of hydrogen-bond donors (Lipinski definition) is 1. The highest BCUT2D eigenvalue weighted by Crippen LogP contribution is 2.34. The number of nitrogens with zero attached hydrogens (tertiary/aromatic N) is 1.